The smallest absolute Gasteiger partial charge is 0.289 e. The van der Waals surface area contributed by atoms with Crippen LogP contribution < -0.4 is 5.32 Å². The fourth-order valence-electron chi connectivity index (χ4n) is 4.00. The molecule has 1 saturated carbocycles. The monoisotopic (exact) mass is 453 g/mol. The average Bonchev–Trinajstić information content (AvgIpc) is 2.68. The summed E-state index contributed by atoms with van der Waals surface area (Å²) < 4.78 is 30.3. The Hall–Kier alpha value is -2.27. The molecule has 174 valence electrons. The van der Waals surface area contributed by atoms with E-state index in [0.717, 1.165) is 37.6 Å². The first-order chi connectivity index (χ1) is 14.7. The SMILES string of the molecule is CC(C)N(C=N)C(=N)OCC1CC(c2cnc(NC3CCN(S(C)(=O)=O)CC3)nc2)C1.[HH]. The number of aromatic nitrogens is 2. The lowest BCUT2D eigenvalue weighted by Crippen LogP contribution is -2.42. The van der Waals surface area contributed by atoms with E-state index in [4.69, 9.17) is 15.6 Å². The van der Waals surface area contributed by atoms with Gasteiger partial charge in [0.05, 0.1) is 19.2 Å². The maximum atomic E-state index is 11.6. The van der Waals surface area contributed by atoms with Crippen molar-refractivity contribution in [3.8, 4) is 0 Å². The topological polar surface area (TPSA) is 135 Å². The third-order valence-electron chi connectivity index (χ3n) is 6.02. The number of nitrogens with one attached hydrogen (secondary N) is 3. The second kappa shape index (κ2) is 9.90. The van der Waals surface area contributed by atoms with E-state index in [-0.39, 0.29) is 19.5 Å². The Bertz CT molecular complexity index is 868. The quantitative estimate of drug-likeness (QED) is 0.406. The fraction of sp³-hybridized carbons (Fsp3) is 0.700. The number of rotatable bonds is 8. The minimum atomic E-state index is -3.12. The Morgan fingerprint density at radius 3 is 2.48 bits per heavy atom. The molecule has 0 bridgehead atoms. The molecule has 2 fully saturated rings. The van der Waals surface area contributed by atoms with Gasteiger partial charge >= 0.3 is 0 Å². The summed E-state index contributed by atoms with van der Waals surface area (Å²) in [7, 11) is -3.12. The van der Waals surface area contributed by atoms with E-state index in [9.17, 15) is 8.42 Å². The molecule has 11 heteroatoms. The number of hydrogen-bond donors (Lipinski definition) is 3. The largest absolute Gasteiger partial charge is 0.465 e. The molecule has 1 aromatic rings. The normalized spacial score (nSPS) is 22.6. The molecule has 0 aromatic carbocycles. The lowest BCUT2D eigenvalue weighted by atomic mass is 9.72. The number of hydrogen-bond acceptors (Lipinski definition) is 8. The van der Waals surface area contributed by atoms with Gasteiger partial charge in [0.15, 0.2) is 0 Å². The zero-order valence-electron chi connectivity index (χ0n) is 18.4. The van der Waals surface area contributed by atoms with Crippen LogP contribution in [0.1, 0.15) is 52.4 Å². The summed E-state index contributed by atoms with van der Waals surface area (Å²) in [5.74, 6) is 1.37. The molecule has 0 radical (unpaired) electrons. The van der Waals surface area contributed by atoms with E-state index >= 15 is 0 Å². The van der Waals surface area contributed by atoms with Crippen molar-refractivity contribution >= 4 is 28.3 Å². The van der Waals surface area contributed by atoms with Gasteiger partial charge in [-0.2, -0.15) is 0 Å². The van der Waals surface area contributed by atoms with Crippen LogP contribution in [0.5, 0.6) is 0 Å². The molecule has 1 aliphatic carbocycles. The van der Waals surface area contributed by atoms with Crippen LogP contribution in [0.3, 0.4) is 0 Å². The highest BCUT2D eigenvalue weighted by Crippen LogP contribution is 2.41. The highest BCUT2D eigenvalue weighted by atomic mass is 32.2. The van der Waals surface area contributed by atoms with Crippen LogP contribution in [0, 0.1) is 16.7 Å². The van der Waals surface area contributed by atoms with Crippen molar-refractivity contribution in [1.82, 2.24) is 19.2 Å². The molecule has 2 heterocycles. The van der Waals surface area contributed by atoms with Crippen LogP contribution in [-0.4, -0.2) is 78.0 Å². The van der Waals surface area contributed by atoms with Crippen LogP contribution >= 0.6 is 0 Å². The Balaban J connectivity index is 0.00000363. The molecule has 2 aliphatic rings. The maximum Gasteiger partial charge on any atom is 0.289 e. The van der Waals surface area contributed by atoms with E-state index < -0.39 is 10.0 Å². The third-order valence-corrected chi connectivity index (χ3v) is 7.32. The predicted octanol–water partition coefficient (Wildman–Crippen LogP) is 2.32. The number of piperidine rings is 1. The van der Waals surface area contributed by atoms with E-state index in [1.165, 1.54) is 15.5 Å². The number of amidine groups is 1. The van der Waals surface area contributed by atoms with Gasteiger partial charge in [0, 0.05) is 39.0 Å². The standard InChI is InChI=1S/C20H33N7O3S.H2/c1-14(2)27(13-21)19(22)30-12-15-8-16(9-15)17-10-23-20(24-11-17)25-18-4-6-26(7-5-18)31(3,28)29;/h10-11,13-16,18,21-22H,4-9,12H2,1-3H3,(H,23,24,25);1H. The number of anilines is 1. The first-order valence-corrected chi connectivity index (χ1v) is 12.6. The molecule has 0 unspecified atom stereocenters. The first-order valence-electron chi connectivity index (χ1n) is 10.7. The fourth-order valence-corrected chi connectivity index (χ4v) is 4.87. The molecule has 0 amide bonds. The lowest BCUT2D eigenvalue weighted by molar-refractivity contribution is 0.133. The van der Waals surface area contributed by atoms with Crippen molar-refractivity contribution in [3.05, 3.63) is 18.0 Å². The van der Waals surface area contributed by atoms with Crippen LogP contribution in [0.4, 0.5) is 5.95 Å². The van der Waals surface area contributed by atoms with Crippen LogP contribution in [0.15, 0.2) is 12.4 Å². The Labute approximate surface area is 185 Å². The van der Waals surface area contributed by atoms with Crippen LogP contribution in [-0.2, 0) is 14.8 Å². The van der Waals surface area contributed by atoms with Gasteiger partial charge in [-0.1, -0.05) is 0 Å². The highest BCUT2D eigenvalue weighted by molar-refractivity contribution is 7.88. The van der Waals surface area contributed by atoms with E-state index in [1.54, 1.807) is 0 Å². The molecule has 0 spiro atoms. The summed E-state index contributed by atoms with van der Waals surface area (Å²) in [6, 6.07) is 0.223. The van der Waals surface area contributed by atoms with Gasteiger partial charge in [-0.25, -0.2) is 22.7 Å². The second-order valence-corrected chi connectivity index (χ2v) is 10.7. The number of sulfonamides is 1. The van der Waals surface area contributed by atoms with Crippen molar-refractivity contribution in [3.63, 3.8) is 0 Å². The number of nitrogens with zero attached hydrogens (tertiary/aromatic N) is 4. The Kier molecular flexibility index (Phi) is 7.47. The molecule has 1 saturated heterocycles. The lowest BCUT2D eigenvalue weighted by Gasteiger charge is -2.35. The molecule has 31 heavy (non-hydrogen) atoms. The summed E-state index contributed by atoms with van der Waals surface area (Å²) >= 11 is 0. The zero-order valence-corrected chi connectivity index (χ0v) is 19.2. The predicted molar refractivity (Wildman–Crippen MR) is 122 cm³/mol. The van der Waals surface area contributed by atoms with E-state index in [2.05, 4.69) is 15.3 Å². The third kappa shape index (κ3) is 6.13. The summed E-state index contributed by atoms with van der Waals surface area (Å²) in [5.41, 5.74) is 1.10. The first kappa shape index (κ1) is 23.4. The van der Waals surface area contributed by atoms with Crippen molar-refractivity contribution < 1.29 is 14.6 Å². The van der Waals surface area contributed by atoms with Gasteiger partial charge in [0.25, 0.3) is 6.02 Å². The molecule has 3 rings (SSSR count). The average molecular weight is 454 g/mol. The summed E-state index contributed by atoms with van der Waals surface area (Å²) in [4.78, 5) is 10.4. The van der Waals surface area contributed by atoms with Gasteiger partial charge in [0.2, 0.25) is 16.0 Å². The summed E-state index contributed by atoms with van der Waals surface area (Å²) in [6.45, 7) is 5.36. The van der Waals surface area contributed by atoms with Gasteiger partial charge < -0.3 is 10.1 Å². The molecule has 0 atom stereocenters. The van der Waals surface area contributed by atoms with Crippen molar-refractivity contribution in [1.29, 1.82) is 10.8 Å². The van der Waals surface area contributed by atoms with E-state index in [0.29, 0.717) is 37.5 Å². The minimum Gasteiger partial charge on any atom is -0.465 e. The van der Waals surface area contributed by atoms with Crippen LogP contribution in [0.25, 0.3) is 0 Å². The van der Waals surface area contributed by atoms with Crippen LogP contribution in [0.2, 0.25) is 0 Å². The maximum absolute atomic E-state index is 11.6. The summed E-state index contributed by atoms with van der Waals surface area (Å²) in [5, 5.41) is 18.6. The molecule has 1 aromatic heterocycles. The Morgan fingerprint density at radius 2 is 1.97 bits per heavy atom. The van der Waals surface area contributed by atoms with Gasteiger partial charge in [-0.05, 0) is 56.9 Å². The summed E-state index contributed by atoms with van der Waals surface area (Å²) in [6.07, 6.45) is 9.52. The molecule has 1 aliphatic heterocycles. The van der Waals surface area contributed by atoms with Gasteiger partial charge in [0.1, 0.15) is 0 Å². The van der Waals surface area contributed by atoms with Crippen molar-refractivity contribution in [2.45, 2.75) is 57.5 Å². The van der Waals surface area contributed by atoms with Crippen molar-refractivity contribution in [2.75, 3.05) is 31.3 Å². The number of ether oxygens (including phenoxy) is 1. The zero-order chi connectivity index (χ0) is 22.6. The molecular formula is C20H35N7O3S. The minimum absolute atomic E-state index is 0. The van der Waals surface area contributed by atoms with E-state index in [1.807, 2.05) is 26.2 Å². The molecular weight excluding hydrogens is 418 g/mol. The van der Waals surface area contributed by atoms with Crippen molar-refractivity contribution in [2.24, 2.45) is 5.92 Å². The second-order valence-electron chi connectivity index (χ2n) is 8.70. The highest BCUT2D eigenvalue weighted by Gasteiger charge is 2.32. The Morgan fingerprint density at radius 1 is 1.35 bits per heavy atom. The molecule has 10 nitrogen and oxygen atoms in total. The van der Waals surface area contributed by atoms with Gasteiger partial charge in [-0.3, -0.25) is 15.7 Å². The molecule has 3 N–H and O–H groups in total. The van der Waals surface area contributed by atoms with Gasteiger partial charge in [-0.15, -0.1) is 0 Å².